The molecule has 0 atom stereocenters. The lowest BCUT2D eigenvalue weighted by Crippen LogP contribution is -2.38. The Morgan fingerprint density at radius 3 is 2.74 bits per heavy atom. The molecule has 1 aliphatic heterocycles. The number of amides is 1. The molecule has 1 heterocycles. The largest absolute Gasteiger partial charge is 0.496 e. The average molecular weight is 409 g/mol. The summed E-state index contributed by atoms with van der Waals surface area (Å²) < 4.78 is 31.3. The van der Waals surface area contributed by atoms with Crippen LogP contribution in [0.15, 0.2) is 42.5 Å². The van der Waals surface area contributed by atoms with Crippen molar-refractivity contribution < 1.29 is 17.9 Å². The normalized spacial score (nSPS) is 16.0. The zero-order chi connectivity index (χ0) is 19.4. The fraction of sp³-hybridized carbons (Fsp3) is 0.316. The van der Waals surface area contributed by atoms with Crippen molar-refractivity contribution in [3.63, 3.8) is 0 Å². The van der Waals surface area contributed by atoms with E-state index < -0.39 is 10.0 Å². The summed E-state index contributed by atoms with van der Waals surface area (Å²) in [6.45, 7) is 0.664. The molecule has 8 heteroatoms. The number of hydrogen-bond donors (Lipinski definition) is 1. The van der Waals surface area contributed by atoms with E-state index in [0.29, 0.717) is 41.5 Å². The fourth-order valence-corrected chi connectivity index (χ4v) is 4.95. The summed E-state index contributed by atoms with van der Waals surface area (Å²) in [7, 11) is -1.83. The van der Waals surface area contributed by atoms with E-state index in [2.05, 4.69) is 5.32 Å². The van der Waals surface area contributed by atoms with Gasteiger partial charge in [-0.2, -0.15) is 0 Å². The molecule has 6 nitrogen and oxygen atoms in total. The number of sulfonamides is 1. The summed E-state index contributed by atoms with van der Waals surface area (Å²) in [6.07, 6.45) is 1.40. The predicted octanol–water partition coefficient (Wildman–Crippen LogP) is 3.21. The lowest BCUT2D eigenvalue weighted by atomic mass is 10.1. The van der Waals surface area contributed by atoms with Crippen LogP contribution in [0.5, 0.6) is 5.75 Å². The van der Waals surface area contributed by atoms with Gasteiger partial charge in [0.1, 0.15) is 5.75 Å². The van der Waals surface area contributed by atoms with Crippen molar-refractivity contribution in [3.05, 3.63) is 58.6 Å². The number of carbonyl (C=O) groups is 1. The molecule has 0 radical (unpaired) electrons. The summed E-state index contributed by atoms with van der Waals surface area (Å²) in [5, 5.41) is 3.14. The van der Waals surface area contributed by atoms with E-state index >= 15 is 0 Å². The van der Waals surface area contributed by atoms with Crippen LogP contribution in [-0.4, -0.2) is 33.7 Å². The molecule has 1 saturated heterocycles. The van der Waals surface area contributed by atoms with Crippen LogP contribution < -0.4 is 14.4 Å². The molecule has 0 saturated carbocycles. The molecular formula is C19H21ClN2O4S. The van der Waals surface area contributed by atoms with E-state index in [-0.39, 0.29) is 11.7 Å². The number of nitrogens with zero attached hydrogens (tertiary/aromatic N) is 1. The van der Waals surface area contributed by atoms with E-state index in [1.54, 1.807) is 19.2 Å². The third kappa shape index (κ3) is 4.36. The molecule has 0 aromatic heterocycles. The second-order valence-corrected chi connectivity index (χ2v) is 8.68. The molecule has 0 spiro atoms. The minimum atomic E-state index is -3.41. The number of rotatable bonds is 5. The third-order valence-electron chi connectivity index (χ3n) is 4.46. The van der Waals surface area contributed by atoms with E-state index in [9.17, 15) is 13.2 Å². The molecule has 0 aliphatic carbocycles. The molecule has 2 aromatic rings. The Balaban J connectivity index is 1.80. The van der Waals surface area contributed by atoms with E-state index in [0.717, 1.165) is 12.0 Å². The van der Waals surface area contributed by atoms with Gasteiger partial charge in [0.2, 0.25) is 10.0 Å². The number of anilines is 1. The van der Waals surface area contributed by atoms with Crippen molar-refractivity contribution in [2.24, 2.45) is 0 Å². The van der Waals surface area contributed by atoms with Crippen LogP contribution in [0.3, 0.4) is 0 Å². The number of methoxy groups -OCH3 is 1. The minimum Gasteiger partial charge on any atom is -0.496 e. The molecule has 1 fully saturated rings. The zero-order valence-electron chi connectivity index (χ0n) is 14.9. The first-order valence-corrected chi connectivity index (χ1v) is 10.6. The maximum absolute atomic E-state index is 12.6. The first kappa shape index (κ1) is 19.5. The summed E-state index contributed by atoms with van der Waals surface area (Å²) in [5.41, 5.74) is 1.55. The number of ether oxygens (including phenoxy) is 1. The Bertz CT molecular complexity index is 946. The van der Waals surface area contributed by atoms with Gasteiger partial charge in [-0.25, -0.2) is 8.42 Å². The molecule has 2 aromatic carbocycles. The van der Waals surface area contributed by atoms with E-state index in [1.165, 1.54) is 10.4 Å². The predicted molar refractivity (Wildman–Crippen MR) is 106 cm³/mol. The van der Waals surface area contributed by atoms with Gasteiger partial charge in [-0.05, 0) is 37.1 Å². The Kier molecular flexibility index (Phi) is 5.92. The van der Waals surface area contributed by atoms with Crippen molar-refractivity contribution >= 4 is 33.2 Å². The topological polar surface area (TPSA) is 75.7 Å². The van der Waals surface area contributed by atoms with Crippen molar-refractivity contribution in [1.82, 2.24) is 5.32 Å². The first-order chi connectivity index (χ1) is 12.9. The van der Waals surface area contributed by atoms with Gasteiger partial charge in [0.05, 0.1) is 23.6 Å². The number of carbonyl (C=O) groups excluding carboxylic acids is 1. The first-order valence-electron chi connectivity index (χ1n) is 8.62. The number of benzene rings is 2. The van der Waals surface area contributed by atoms with Crippen LogP contribution >= 0.6 is 11.6 Å². The highest BCUT2D eigenvalue weighted by molar-refractivity contribution is 7.92. The van der Waals surface area contributed by atoms with Crippen LogP contribution in [-0.2, 0) is 16.6 Å². The maximum atomic E-state index is 12.6. The second-order valence-electron chi connectivity index (χ2n) is 6.26. The molecule has 1 N–H and O–H groups in total. The SMILES string of the molecule is COc1ccccc1CNC(=O)c1ccc(Cl)c(N2CCCCS2(=O)=O)c1. The summed E-state index contributed by atoms with van der Waals surface area (Å²) in [5.74, 6) is 0.468. The molecule has 0 unspecified atom stereocenters. The van der Waals surface area contributed by atoms with Gasteiger partial charge in [-0.3, -0.25) is 9.10 Å². The second kappa shape index (κ2) is 8.19. The molecule has 3 rings (SSSR count). The van der Waals surface area contributed by atoms with E-state index in [4.69, 9.17) is 16.3 Å². The molecule has 27 heavy (non-hydrogen) atoms. The highest BCUT2D eigenvalue weighted by Crippen LogP contribution is 2.31. The number of halogens is 1. The Morgan fingerprint density at radius 1 is 1.22 bits per heavy atom. The van der Waals surface area contributed by atoms with Crippen molar-refractivity contribution in [1.29, 1.82) is 0 Å². The molecular weight excluding hydrogens is 388 g/mol. The maximum Gasteiger partial charge on any atom is 0.251 e. The number of para-hydroxylation sites is 1. The van der Waals surface area contributed by atoms with Crippen LogP contribution in [0, 0.1) is 0 Å². The summed E-state index contributed by atoms with van der Waals surface area (Å²) >= 11 is 6.22. The van der Waals surface area contributed by atoms with Crippen LogP contribution in [0.25, 0.3) is 0 Å². The van der Waals surface area contributed by atoms with Gasteiger partial charge >= 0.3 is 0 Å². The quantitative estimate of drug-likeness (QED) is 0.824. The van der Waals surface area contributed by atoms with Gasteiger partial charge in [0, 0.05) is 24.2 Å². The third-order valence-corrected chi connectivity index (χ3v) is 6.63. The Labute approximate surface area is 164 Å². The van der Waals surface area contributed by atoms with Gasteiger partial charge < -0.3 is 10.1 Å². The van der Waals surface area contributed by atoms with Crippen molar-refractivity contribution in [2.45, 2.75) is 19.4 Å². The number of hydrogen-bond acceptors (Lipinski definition) is 4. The minimum absolute atomic E-state index is 0.0908. The van der Waals surface area contributed by atoms with Crippen LogP contribution in [0.2, 0.25) is 5.02 Å². The van der Waals surface area contributed by atoms with Gasteiger partial charge in [-0.1, -0.05) is 29.8 Å². The standard InChI is InChI=1S/C19H21ClN2O4S/c1-26-18-7-3-2-6-15(18)13-21-19(23)14-8-9-16(20)17(12-14)22-10-4-5-11-27(22,24)25/h2-3,6-9,12H,4-5,10-11,13H2,1H3,(H,21,23). The lowest BCUT2D eigenvalue weighted by molar-refractivity contribution is 0.0950. The van der Waals surface area contributed by atoms with Crippen LogP contribution in [0.4, 0.5) is 5.69 Å². The lowest BCUT2D eigenvalue weighted by Gasteiger charge is -2.29. The average Bonchev–Trinajstić information content (AvgIpc) is 2.66. The van der Waals surface area contributed by atoms with Crippen molar-refractivity contribution in [3.8, 4) is 5.75 Å². The monoisotopic (exact) mass is 408 g/mol. The smallest absolute Gasteiger partial charge is 0.251 e. The number of nitrogens with one attached hydrogen (secondary N) is 1. The molecule has 1 aliphatic rings. The van der Waals surface area contributed by atoms with Crippen LogP contribution in [0.1, 0.15) is 28.8 Å². The molecule has 144 valence electrons. The van der Waals surface area contributed by atoms with E-state index in [1.807, 2.05) is 24.3 Å². The fourth-order valence-electron chi connectivity index (χ4n) is 3.03. The Morgan fingerprint density at radius 2 is 2.00 bits per heavy atom. The highest BCUT2D eigenvalue weighted by Gasteiger charge is 2.28. The van der Waals surface area contributed by atoms with Gasteiger partial charge in [-0.15, -0.1) is 0 Å². The Hall–Kier alpha value is -2.25. The summed E-state index contributed by atoms with van der Waals surface area (Å²) in [4.78, 5) is 12.6. The van der Waals surface area contributed by atoms with Gasteiger partial charge in [0.15, 0.2) is 0 Å². The highest BCUT2D eigenvalue weighted by atomic mass is 35.5. The van der Waals surface area contributed by atoms with Gasteiger partial charge in [0.25, 0.3) is 5.91 Å². The zero-order valence-corrected chi connectivity index (χ0v) is 16.5. The molecule has 1 amide bonds. The molecule has 0 bridgehead atoms. The van der Waals surface area contributed by atoms with Crippen molar-refractivity contribution in [2.75, 3.05) is 23.7 Å². The summed E-state index contributed by atoms with van der Waals surface area (Å²) in [6, 6.07) is 12.1.